The first-order valence-electron chi connectivity index (χ1n) is 6.92. The Kier molecular flexibility index (Phi) is 5.49. The Morgan fingerprint density at radius 1 is 1.26 bits per heavy atom. The van der Waals surface area contributed by atoms with Crippen LogP contribution in [0.4, 0.5) is 13.2 Å². The molecule has 0 unspecified atom stereocenters. The van der Waals surface area contributed by atoms with Crippen molar-refractivity contribution >= 4 is 11.6 Å². The Labute approximate surface area is 137 Å². The number of hydrogen-bond acceptors (Lipinski definition) is 3. The number of nitrogens with two attached hydrogens (primary N) is 1. The van der Waals surface area contributed by atoms with E-state index in [1.807, 2.05) is 0 Å². The fraction of sp³-hybridized carbons (Fsp3) is 0.312. The van der Waals surface area contributed by atoms with Gasteiger partial charge in [-0.1, -0.05) is 17.7 Å². The van der Waals surface area contributed by atoms with Crippen LogP contribution < -0.4 is 10.5 Å². The standard InChI is InChI=1S/C16H16ClF3N2O/c1-23-14-6-4-11(17)8-12(14)13(21)5-2-10-3-7-15(22-9-10)16(18,19)20/h3-4,6-9,13H,2,5,21H2,1H3/t13-/m1/s1. The fourth-order valence-electron chi connectivity index (χ4n) is 2.21. The molecule has 0 aliphatic rings. The van der Waals surface area contributed by atoms with Crippen LogP contribution in [0.15, 0.2) is 36.5 Å². The Bertz CT molecular complexity index is 659. The van der Waals surface area contributed by atoms with Crippen molar-refractivity contribution in [3.8, 4) is 5.75 Å². The molecule has 0 aliphatic heterocycles. The van der Waals surface area contributed by atoms with Crippen molar-refractivity contribution in [3.63, 3.8) is 0 Å². The van der Waals surface area contributed by atoms with E-state index in [4.69, 9.17) is 22.1 Å². The Hall–Kier alpha value is -1.79. The van der Waals surface area contributed by atoms with E-state index < -0.39 is 11.9 Å². The van der Waals surface area contributed by atoms with Crippen molar-refractivity contribution in [1.82, 2.24) is 4.98 Å². The molecule has 0 saturated carbocycles. The van der Waals surface area contributed by atoms with Gasteiger partial charge in [-0.05, 0) is 42.7 Å². The van der Waals surface area contributed by atoms with Gasteiger partial charge >= 0.3 is 6.18 Å². The number of aromatic nitrogens is 1. The first kappa shape index (κ1) is 17.6. The Balaban J connectivity index is 2.04. The third-order valence-corrected chi connectivity index (χ3v) is 3.69. The average molecular weight is 345 g/mol. The molecule has 124 valence electrons. The molecule has 1 aromatic carbocycles. The van der Waals surface area contributed by atoms with E-state index in [1.54, 1.807) is 25.3 Å². The van der Waals surface area contributed by atoms with Gasteiger partial charge < -0.3 is 10.5 Å². The van der Waals surface area contributed by atoms with Crippen LogP contribution >= 0.6 is 11.6 Å². The van der Waals surface area contributed by atoms with Crippen molar-refractivity contribution in [3.05, 3.63) is 58.4 Å². The molecule has 0 aliphatic carbocycles. The van der Waals surface area contributed by atoms with Gasteiger partial charge in [-0.15, -0.1) is 0 Å². The van der Waals surface area contributed by atoms with Gasteiger partial charge in [0.2, 0.25) is 0 Å². The second-order valence-electron chi connectivity index (χ2n) is 5.08. The third-order valence-electron chi connectivity index (χ3n) is 3.45. The number of methoxy groups -OCH3 is 1. The van der Waals surface area contributed by atoms with Crippen LogP contribution in [-0.4, -0.2) is 12.1 Å². The van der Waals surface area contributed by atoms with Crippen LogP contribution in [0.3, 0.4) is 0 Å². The number of pyridine rings is 1. The van der Waals surface area contributed by atoms with E-state index in [2.05, 4.69) is 4.98 Å². The highest BCUT2D eigenvalue weighted by Gasteiger charge is 2.31. The van der Waals surface area contributed by atoms with Gasteiger partial charge in [0, 0.05) is 22.8 Å². The minimum Gasteiger partial charge on any atom is -0.496 e. The summed E-state index contributed by atoms with van der Waals surface area (Å²) in [6.07, 6.45) is -2.17. The molecule has 1 heterocycles. The molecular weight excluding hydrogens is 329 g/mol. The van der Waals surface area contributed by atoms with Gasteiger partial charge in [0.15, 0.2) is 0 Å². The highest BCUT2D eigenvalue weighted by atomic mass is 35.5. The maximum Gasteiger partial charge on any atom is 0.433 e. The first-order valence-corrected chi connectivity index (χ1v) is 7.30. The molecule has 3 nitrogen and oxygen atoms in total. The molecular formula is C16H16ClF3N2O. The van der Waals surface area contributed by atoms with Crippen molar-refractivity contribution in [2.45, 2.75) is 25.1 Å². The van der Waals surface area contributed by atoms with Crippen LogP contribution in [0.5, 0.6) is 5.75 Å². The van der Waals surface area contributed by atoms with Crippen LogP contribution in [0.2, 0.25) is 5.02 Å². The molecule has 0 fully saturated rings. The summed E-state index contributed by atoms with van der Waals surface area (Å²) in [5.74, 6) is 0.632. The summed E-state index contributed by atoms with van der Waals surface area (Å²) in [4.78, 5) is 3.44. The van der Waals surface area contributed by atoms with Gasteiger partial charge in [-0.25, -0.2) is 0 Å². The van der Waals surface area contributed by atoms with E-state index in [0.717, 1.165) is 11.6 Å². The Morgan fingerprint density at radius 3 is 2.57 bits per heavy atom. The maximum absolute atomic E-state index is 12.5. The molecule has 2 rings (SSSR count). The lowest BCUT2D eigenvalue weighted by molar-refractivity contribution is -0.141. The van der Waals surface area contributed by atoms with Crippen molar-refractivity contribution in [2.24, 2.45) is 5.73 Å². The summed E-state index contributed by atoms with van der Waals surface area (Å²) in [6, 6.07) is 7.22. The zero-order valence-electron chi connectivity index (χ0n) is 12.4. The summed E-state index contributed by atoms with van der Waals surface area (Å²) < 4.78 is 42.7. The normalized spacial score (nSPS) is 13.0. The molecule has 2 aromatic rings. The fourth-order valence-corrected chi connectivity index (χ4v) is 2.39. The first-order chi connectivity index (χ1) is 10.8. The van der Waals surface area contributed by atoms with Crippen LogP contribution in [0, 0.1) is 0 Å². The van der Waals surface area contributed by atoms with Crippen molar-refractivity contribution < 1.29 is 17.9 Å². The number of alkyl halides is 3. The highest BCUT2D eigenvalue weighted by molar-refractivity contribution is 6.30. The van der Waals surface area contributed by atoms with E-state index in [9.17, 15) is 13.2 Å². The maximum atomic E-state index is 12.5. The minimum atomic E-state index is -4.43. The lowest BCUT2D eigenvalue weighted by atomic mass is 9.99. The topological polar surface area (TPSA) is 48.1 Å². The van der Waals surface area contributed by atoms with Crippen LogP contribution in [0.25, 0.3) is 0 Å². The summed E-state index contributed by atoms with van der Waals surface area (Å²) in [5.41, 5.74) is 6.70. The van der Waals surface area contributed by atoms with E-state index in [0.29, 0.717) is 29.2 Å². The molecule has 23 heavy (non-hydrogen) atoms. The molecule has 0 bridgehead atoms. The largest absolute Gasteiger partial charge is 0.496 e. The second-order valence-corrected chi connectivity index (χ2v) is 5.52. The molecule has 0 spiro atoms. The number of aryl methyl sites for hydroxylation is 1. The summed E-state index contributed by atoms with van der Waals surface area (Å²) >= 11 is 5.97. The van der Waals surface area contributed by atoms with Crippen molar-refractivity contribution in [2.75, 3.05) is 7.11 Å². The smallest absolute Gasteiger partial charge is 0.433 e. The van der Waals surface area contributed by atoms with E-state index >= 15 is 0 Å². The summed E-state index contributed by atoms with van der Waals surface area (Å²) in [6.45, 7) is 0. The predicted octanol–water partition coefficient (Wildman–Crippen LogP) is 4.40. The predicted molar refractivity (Wildman–Crippen MR) is 82.5 cm³/mol. The van der Waals surface area contributed by atoms with Crippen LogP contribution in [-0.2, 0) is 12.6 Å². The van der Waals surface area contributed by atoms with Crippen molar-refractivity contribution in [1.29, 1.82) is 0 Å². The van der Waals surface area contributed by atoms with E-state index in [-0.39, 0.29) is 6.04 Å². The Morgan fingerprint density at radius 2 is 2.00 bits per heavy atom. The van der Waals surface area contributed by atoms with E-state index in [1.165, 1.54) is 12.3 Å². The van der Waals surface area contributed by atoms with Gasteiger partial charge in [0.1, 0.15) is 11.4 Å². The number of halogens is 4. The second kappa shape index (κ2) is 7.19. The zero-order chi connectivity index (χ0) is 17.0. The average Bonchev–Trinajstić information content (AvgIpc) is 2.52. The van der Waals surface area contributed by atoms with Gasteiger partial charge in [-0.3, -0.25) is 4.98 Å². The van der Waals surface area contributed by atoms with Gasteiger partial charge in [0.05, 0.1) is 7.11 Å². The lowest BCUT2D eigenvalue weighted by Gasteiger charge is -2.16. The number of hydrogen-bond donors (Lipinski definition) is 1. The lowest BCUT2D eigenvalue weighted by Crippen LogP contribution is -2.13. The quantitative estimate of drug-likeness (QED) is 0.874. The molecule has 0 amide bonds. The molecule has 0 radical (unpaired) electrons. The monoisotopic (exact) mass is 344 g/mol. The van der Waals surface area contributed by atoms with Gasteiger partial charge in [-0.2, -0.15) is 13.2 Å². The number of benzene rings is 1. The molecule has 7 heteroatoms. The molecule has 1 aromatic heterocycles. The third kappa shape index (κ3) is 4.59. The SMILES string of the molecule is COc1ccc(Cl)cc1[C@H](N)CCc1ccc(C(F)(F)F)nc1. The summed E-state index contributed by atoms with van der Waals surface area (Å²) in [5, 5.41) is 0.549. The summed E-state index contributed by atoms with van der Waals surface area (Å²) in [7, 11) is 1.54. The number of ether oxygens (including phenoxy) is 1. The molecule has 2 N–H and O–H groups in total. The minimum absolute atomic E-state index is 0.342. The van der Waals surface area contributed by atoms with Gasteiger partial charge in [0.25, 0.3) is 0 Å². The van der Waals surface area contributed by atoms with Crippen LogP contribution in [0.1, 0.15) is 29.3 Å². The zero-order valence-corrected chi connectivity index (χ0v) is 13.2. The number of nitrogens with zero attached hydrogens (tertiary/aromatic N) is 1. The molecule has 1 atom stereocenters. The molecule has 0 saturated heterocycles. The number of rotatable bonds is 5. The highest BCUT2D eigenvalue weighted by Crippen LogP contribution is 2.30.